The summed E-state index contributed by atoms with van der Waals surface area (Å²) in [6, 6.07) is 1.11. The van der Waals surface area contributed by atoms with E-state index in [-0.39, 0.29) is 0 Å². The topological polar surface area (TPSA) is 157 Å². The number of rotatable bonds is 6. The molecule has 4 atom stereocenters. The van der Waals surface area contributed by atoms with Gasteiger partial charge in [-0.1, -0.05) is 6.92 Å². The maximum atomic E-state index is 12.0. The summed E-state index contributed by atoms with van der Waals surface area (Å²) in [5.74, 6) is -1.08. The summed E-state index contributed by atoms with van der Waals surface area (Å²) >= 11 is 0. The second-order valence-electron chi connectivity index (χ2n) is 5.52. The number of H-pyrrole nitrogens is 1. The van der Waals surface area contributed by atoms with Crippen LogP contribution in [-0.2, 0) is 23.4 Å². The summed E-state index contributed by atoms with van der Waals surface area (Å²) in [6.07, 6.45) is -1.16. The van der Waals surface area contributed by atoms with Crippen LogP contribution in [0, 0.1) is 5.92 Å². The van der Waals surface area contributed by atoms with Gasteiger partial charge in [0.25, 0.3) is 5.56 Å². The Balaban J connectivity index is 2.35. The summed E-state index contributed by atoms with van der Waals surface area (Å²) in [5, 5.41) is 0. The average Bonchev–Trinajstić information content (AvgIpc) is 2.81. The minimum absolute atomic E-state index is 0.432. The fraction of sp³-hybridized carbons (Fsp3) is 0.615. The van der Waals surface area contributed by atoms with Crippen LogP contribution in [0.3, 0.4) is 0 Å². The number of nitrogens with zero attached hydrogens (tertiary/aromatic N) is 1. The van der Waals surface area contributed by atoms with Crippen LogP contribution in [0.1, 0.15) is 26.5 Å². The highest BCUT2D eigenvalue weighted by Gasteiger charge is 2.47. The Morgan fingerprint density at radius 3 is 2.64 bits per heavy atom. The molecule has 140 valence electrons. The van der Waals surface area contributed by atoms with Gasteiger partial charge in [-0.25, -0.2) is 9.36 Å². The van der Waals surface area contributed by atoms with Crippen molar-refractivity contribution in [3.8, 4) is 0 Å². The van der Waals surface area contributed by atoms with Crippen LogP contribution in [0.25, 0.3) is 0 Å². The molecule has 25 heavy (non-hydrogen) atoms. The number of esters is 1. The standard InChI is InChI=1S/C13H19N2O9P/c1-3-8-9(6-22-25(19,20)21)24-12(11(8)23-7(2)16)15-5-4-10(17)14-13(15)18/h4-5,8-9,11-12H,3,6H2,1-2H3,(H,14,17,18)(H2,19,20,21)/t8-,9-,11-,12-/m1/s1. The predicted octanol–water partition coefficient (Wildman–Crippen LogP) is -0.499. The molecule has 0 spiro atoms. The Morgan fingerprint density at radius 2 is 2.12 bits per heavy atom. The van der Waals surface area contributed by atoms with E-state index >= 15 is 0 Å². The molecule has 0 amide bonds. The number of aromatic amines is 1. The zero-order chi connectivity index (χ0) is 18.8. The van der Waals surface area contributed by atoms with Crippen LogP contribution < -0.4 is 11.2 Å². The second kappa shape index (κ2) is 7.63. The number of phosphoric acid groups is 1. The van der Waals surface area contributed by atoms with E-state index in [4.69, 9.17) is 19.3 Å². The van der Waals surface area contributed by atoms with Gasteiger partial charge in [-0.3, -0.25) is 23.7 Å². The fourth-order valence-electron chi connectivity index (χ4n) is 2.80. The van der Waals surface area contributed by atoms with E-state index in [1.807, 2.05) is 0 Å². The molecule has 0 unspecified atom stereocenters. The maximum Gasteiger partial charge on any atom is 0.469 e. The van der Waals surface area contributed by atoms with Crippen LogP contribution in [0.4, 0.5) is 0 Å². The molecule has 0 bridgehead atoms. The molecule has 1 aliphatic heterocycles. The molecule has 1 fully saturated rings. The fourth-order valence-corrected chi connectivity index (χ4v) is 3.14. The van der Waals surface area contributed by atoms with E-state index in [1.165, 1.54) is 13.1 Å². The van der Waals surface area contributed by atoms with Crippen LogP contribution in [0.15, 0.2) is 21.9 Å². The van der Waals surface area contributed by atoms with Crippen molar-refractivity contribution in [2.75, 3.05) is 6.61 Å². The van der Waals surface area contributed by atoms with Gasteiger partial charge < -0.3 is 19.3 Å². The highest BCUT2D eigenvalue weighted by molar-refractivity contribution is 7.46. The van der Waals surface area contributed by atoms with Gasteiger partial charge in [0.15, 0.2) is 12.3 Å². The predicted molar refractivity (Wildman–Crippen MR) is 82.6 cm³/mol. The van der Waals surface area contributed by atoms with Gasteiger partial charge in [-0.15, -0.1) is 0 Å². The first-order chi connectivity index (χ1) is 11.6. The van der Waals surface area contributed by atoms with Crippen molar-refractivity contribution >= 4 is 13.8 Å². The molecule has 0 radical (unpaired) electrons. The molecular formula is C13H19N2O9P. The largest absolute Gasteiger partial charge is 0.469 e. The highest BCUT2D eigenvalue weighted by Crippen LogP contribution is 2.41. The van der Waals surface area contributed by atoms with Gasteiger partial charge in [0.1, 0.15) is 0 Å². The van der Waals surface area contributed by atoms with Crippen molar-refractivity contribution in [2.45, 2.75) is 38.7 Å². The molecule has 11 nitrogen and oxygen atoms in total. The van der Waals surface area contributed by atoms with Gasteiger partial charge in [-0.2, -0.15) is 0 Å². The second-order valence-corrected chi connectivity index (χ2v) is 6.75. The Labute approximate surface area is 141 Å². The highest BCUT2D eigenvalue weighted by atomic mass is 31.2. The molecule has 2 heterocycles. The number of hydrogen-bond acceptors (Lipinski definition) is 7. The molecule has 2 rings (SSSR count). The monoisotopic (exact) mass is 378 g/mol. The lowest BCUT2D eigenvalue weighted by atomic mass is 9.95. The molecular weight excluding hydrogens is 359 g/mol. The van der Waals surface area contributed by atoms with Crippen molar-refractivity contribution < 1.29 is 33.1 Å². The first-order valence-electron chi connectivity index (χ1n) is 7.46. The number of nitrogens with one attached hydrogen (secondary N) is 1. The number of carbonyl (C=O) groups is 1. The first kappa shape index (κ1) is 19.5. The van der Waals surface area contributed by atoms with Gasteiger partial charge in [0, 0.05) is 25.1 Å². The van der Waals surface area contributed by atoms with Gasteiger partial charge in [-0.05, 0) is 6.42 Å². The lowest BCUT2D eigenvalue weighted by Crippen LogP contribution is -2.38. The average molecular weight is 378 g/mol. The summed E-state index contributed by atoms with van der Waals surface area (Å²) in [6.45, 7) is 2.51. The Kier molecular flexibility index (Phi) is 5.96. The van der Waals surface area contributed by atoms with Crippen molar-refractivity contribution in [1.82, 2.24) is 9.55 Å². The normalized spacial score (nSPS) is 26.6. The zero-order valence-electron chi connectivity index (χ0n) is 13.5. The molecule has 0 aromatic carbocycles. The SMILES string of the molecule is CC[C@H]1[C@@H](OC(C)=O)[C@H](n2ccc(=O)[nH]c2=O)O[C@@H]1COP(=O)(O)O. The minimum atomic E-state index is -4.71. The molecule has 12 heteroatoms. The molecule has 0 aliphatic carbocycles. The summed E-state index contributed by atoms with van der Waals surface area (Å²) in [7, 11) is -4.71. The third kappa shape index (κ3) is 4.86. The van der Waals surface area contributed by atoms with Gasteiger partial charge >= 0.3 is 19.5 Å². The van der Waals surface area contributed by atoms with E-state index in [0.29, 0.717) is 6.42 Å². The van der Waals surface area contributed by atoms with E-state index in [9.17, 15) is 18.9 Å². The van der Waals surface area contributed by atoms with Gasteiger partial charge in [0.05, 0.1) is 12.7 Å². The smallest absolute Gasteiger partial charge is 0.457 e. The van der Waals surface area contributed by atoms with Crippen molar-refractivity contribution in [3.63, 3.8) is 0 Å². The zero-order valence-corrected chi connectivity index (χ0v) is 14.4. The number of hydrogen-bond donors (Lipinski definition) is 3. The third-order valence-corrected chi connectivity index (χ3v) is 4.29. The summed E-state index contributed by atoms with van der Waals surface area (Å²) in [4.78, 5) is 54.4. The Hall–Kier alpha value is -1.78. The van der Waals surface area contributed by atoms with Crippen LogP contribution >= 0.6 is 7.82 Å². The maximum absolute atomic E-state index is 12.0. The number of aromatic nitrogens is 2. The lowest BCUT2D eigenvalue weighted by Gasteiger charge is -2.23. The summed E-state index contributed by atoms with van der Waals surface area (Å²) in [5.41, 5.74) is -1.36. The number of ether oxygens (including phenoxy) is 2. The van der Waals surface area contributed by atoms with Crippen molar-refractivity contribution in [2.24, 2.45) is 5.92 Å². The quantitative estimate of drug-likeness (QED) is 0.438. The minimum Gasteiger partial charge on any atom is -0.457 e. The Morgan fingerprint density at radius 1 is 1.44 bits per heavy atom. The van der Waals surface area contributed by atoms with E-state index < -0.39 is 56.0 Å². The molecule has 0 saturated carbocycles. The third-order valence-electron chi connectivity index (χ3n) is 3.80. The van der Waals surface area contributed by atoms with Crippen LogP contribution in [0.5, 0.6) is 0 Å². The van der Waals surface area contributed by atoms with E-state index in [2.05, 4.69) is 9.51 Å². The van der Waals surface area contributed by atoms with Crippen molar-refractivity contribution in [3.05, 3.63) is 33.1 Å². The Bertz CT molecular complexity index is 782. The van der Waals surface area contributed by atoms with E-state index in [0.717, 1.165) is 10.6 Å². The van der Waals surface area contributed by atoms with Gasteiger partial charge in [0.2, 0.25) is 0 Å². The molecule has 3 N–H and O–H groups in total. The first-order valence-corrected chi connectivity index (χ1v) is 8.99. The van der Waals surface area contributed by atoms with E-state index in [1.54, 1.807) is 6.92 Å². The molecule has 1 saturated heterocycles. The van der Waals surface area contributed by atoms with Crippen molar-refractivity contribution in [1.29, 1.82) is 0 Å². The molecule has 1 aliphatic rings. The summed E-state index contributed by atoms with van der Waals surface area (Å²) < 4.78 is 27.4. The molecule has 1 aromatic rings. The molecule has 1 aromatic heterocycles. The van der Waals surface area contributed by atoms with Crippen LogP contribution in [-0.4, -0.2) is 44.1 Å². The number of carbonyl (C=O) groups excluding carboxylic acids is 1. The lowest BCUT2D eigenvalue weighted by molar-refractivity contribution is -0.154. The van der Waals surface area contributed by atoms with Crippen LogP contribution in [0.2, 0.25) is 0 Å². The number of phosphoric ester groups is 1.